The quantitative estimate of drug-likeness (QED) is 0.872. The van der Waals surface area contributed by atoms with Crippen LogP contribution in [-0.4, -0.2) is 52.4 Å². The molecule has 0 aromatic carbocycles. The summed E-state index contributed by atoms with van der Waals surface area (Å²) in [7, 11) is 0. The Kier molecular flexibility index (Phi) is 4.40. The fourth-order valence-corrected chi connectivity index (χ4v) is 2.16. The molecule has 0 atom stereocenters. The minimum Gasteiger partial charge on any atom is -0.448 e. The summed E-state index contributed by atoms with van der Waals surface area (Å²) in [6.45, 7) is 6.33. The van der Waals surface area contributed by atoms with Crippen molar-refractivity contribution in [3.63, 3.8) is 0 Å². The Hall–Kier alpha value is -2.64. The molecule has 1 N–H and O–H groups in total. The van der Waals surface area contributed by atoms with Crippen LogP contribution >= 0.6 is 0 Å². The van der Waals surface area contributed by atoms with Gasteiger partial charge >= 0.3 is 6.09 Å². The summed E-state index contributed by atoms with van der Waals surface area (Å²) in [5.74, 6) is 2.09. The predicted molar refractivity (Wildman–Crippen MR) is 83.0 cm³/mol. The Morgan fingerprint density at radius 1 is 1.39 bits per heavy atom. The molecule has 122 valence electrons. The highest BCUT2D eigenvalue weighted by molar-refractivity contribution is 5.69. The molecule has 3 rings (SSSR count). The summed E-state index contributed by atoms with van der Waals surface area (Å²) in [5, 5.41) is 7.10. The third-order valence-corrected chi connectivity index (χ3v) is 3.50. The number of cyclic esters (lactones) is 1. The van der Waals surface area contributed by atoms with E-state index in [1.165, 1.54) is 0 Å². The van der Waals surface area contributed by atoms with Crippen LogP contribution in [0.5, 0.6) is 0 Å². The van der Waals surface area contributed by atoms with Crippen molar-refractivity contribution in [1.82, 2.24) is 20.0 Å². The first-order valence-electron chi connectivity index (χ1n) is 7.59. The van der Waals surface area contributed by atoms with E-state index in [0.29, 0.717) is 38.0 Å². The standard InChI is InChI=1S/C15H19N5O3/c1-10(2)13-18-14(23-19-13)11-3-4-12(17-9-11)16-5-6-20-7-8-22-15(20)21/h3-4,9-10H,5-8H2,1-2H3,(H,16,17). The lowest BCUT2D eigenvalue weighted by Crippen LogP contribution is -2.29. The SMILES string of the molecule is CC(C)c1noc(-c2ccc(NCCN3CCOC3=O)nc2)n1. The summed E-state index contributed by atoms with van der Waals surface area (Å²) < 4.78 is 10.1. The van der Waals surface area contributed by atoms with Crippen LogP contribution < -0.4 is 5.32 Å². The van der Waals surface area contributed by atoms with Crippen LogP contribution in [0.25, 0.3) is 11.5 Å². The number of nitrogens with zero attached hydrogens (tertiary/aromatic N) is 4. The molecule has 8 heteroatoms. The van der Waals surface area contributed by atoms with Crippen LogP contribution in [0, 0.1) is 0 Å². The highest BCUT2D eigenvalue weighted by atomic mass is 16.6. The van der Waals surface area contributed by atoms with Crippen LogP contribution in [0.2, 0.25) is 0 Å². The lowest BCUT2D eigenvalue weighted by molar-refractivity contribution is 0.159. The summed E-state index contributed by atoms with van der Waals surface area (Å²) in [6.07, 6.45) is 1.43. The number of hydrogen-bond donors (Lipinski definition) is 1. The number of aromatic nitrogens is 3. The Morgan fingerprint density at radius 3 is 2.87 bits per heavy atom. The van der Waals surface area contributed by atoms with Gasteiger partial charge in [-0.25, -0.2) is 9.78 Å². The Balaban J connectivity index is 1.55. The number of nitrogens with one attached hydrogen (secondary N) is 1. The van der Waals surface area contributed by atoms with Crippen LogP contribution in [0.1, 0.15) is 25.6 Å². The van der Waals surface area contributed by atoms with Crippen molar-refractivity contribution >= 4 is 11.9 Å². The maximum Gasteiger partial charge on any atom is 0.409 e. The zero-order valence-corrected chi connectivity index (χ0v) is 13.2. The first-order valence-corrected chi connectivity index (χ1v) is 7.59. The minimum absolute atomic E-state index is 0.221. The van der Waals surface area contributed by atoms with Gasteiger partial charge in [-0.3, -0.25) is 0 Å². The van der Waals surface area contributed by atoms with Crippen molar-refractivity contribution in [1.29, 1.82) is 0 Å². The van der Waals surface area contributed by atoms with Gasteiger partial charge in [0.15, 0.2) is 5.82 Å². The van der Waals surface area contributed by atoms with Crippen LogP contribution in [0.4, 0.5) is 10.6 Å². The van der Waals surface area contributed by atoms with Gasteiger partial charge in [0.1, 0.15) is 12.4 Å². The van der Waals surface area contributed by atoms with E-state index in [9.17, 15) is 4.79 Å². The lowest BCUT2D eigenvalue weighted by atomic mass is 10.2. The van der Waals surface area contributed by atoms with Gasteiger partial charge in [-0.05, 0) is 12.1 Å². The van der Waals surface area contributed by atoms with Gasteiger partial charge in [-0.15, -0.1) is 0 Å². The second kappa shape index (κ2) is 6.64. The van der Waals surface area contributed by atoms with E-state index < -0.39 is 0 Å². The molecule has 1 aliphatic rings. The van der Waals surface area contributed by atoms with Gasteiger partial charge in [0.05, 0.1) is 12.1 Å². The minimum atomic E-state index is -0.257. The molecule has 0 unspecified atom stereocenters. The van der Waals surface area contributed by atoms with Crippen molar-refractivity contribution in [2.24, 2.45) is 0 Å². The molecule has 1 aliphatic heterocycles. The fraction of sp³-hybridized carbons (Fsp3) is 0.467. The highest BCUT2D eigenvalue weighted by Crippen LogP contribution is 2.20. The van der Waals surface area contributed by atoms with Gasteiger partial charge in [0.25, 0.3) is 5.89 Å². The second-order valence-electron chi connectivity index (χ2n) is 5.57. The van der Waals surface area contributed by atoms with E-state index in [1.807, 2.05) is 26.0 Å². The molecule has 0 saturated carbocycles. The normalized spacial score (nSPS) is 14.4. The van der Waals surface area contributed by atoms with E-state index in [1.54, 1.807) is 11.1 Å². The van der Waals surface area contributed by atoms with Crippen molar-refractivity contribution in [3.05, 3.63) is 24.2 Å². The number of amides is 1. The molecule has 1 fully saturated rings. The van der Waals surface area contributed by atoms with Gasteiger partial charge < -0.3 is 19.5 Å². The summed E-state index contributed by atoms with van der Waals surface area (Å²) in [6, 6.07) is 3.72. The molecular weight excluding hydrogens is 298 g/mol. The zero-order chi connectivity index (χ0) is 16.2. The van der Waals surface area contributed by atoms with Crippen molar-refractivity contribution in [2.75, 3.05) is 31.6 Å². The van der Waals surface area contributed by atoms with Gasteiger partial charge in [0.2, 0.25) is 0 Å². The maximum absolute atomic E-state index is 11.3. The van der Waals surface area contributed by atoms with Gasteiger partial charge in [0, 0.05) is 25.2 Å². The fourth-order valence-electron chi connectivity index (χ4n) is 2.16. The van der Waals surface area contributed by atoms with Crippen molar-refractivity contribution < 1.29 is 14.1 Å². The largest absolute Gasteiger partial charge is 0.448 e. The van der Waals surface area contributed by atoms with Gasteiger partial charge in [-0.2, -0.15) is 4.98 Å². The van der Waals surface area contributed by atoms with E-state index in [4.69, 9.17) is 9.26 Å². The number of pyridine rings is 1. The van der Waals surface area contributed by atoms with Crippen molar-refractivity contribution in [2.45, 2.75) is 19.8 Å². The number of carbonyl (C=O) groups excluding carboxylic acids is 1. The first kappa shape index (κ1) is 15.3. The van der Waals surface area contributed by atoms with Crippen LogP contribution in [0.15, 0.2) is 22.9 Å². The smallest absolute Gasteiger partial charge is 0.409 e. The summed E-state index contributed by atoms with van der Waals surface area (Å²) in [5.41, 5.74) is 0.776. The summed E-state index contributed by atoms with van der Waals surface area (Å²) >= 11 is 0. The van der Waals surface area contributed by atoms with Crippen molar-refractivity contribution in [3.8, 4) is 11.5 Å². The Morgan fingerprint density at radius 2 is 2.26 bits per heavy atom. The number of ether oxygens (including phenoxy) is 1. The average Bonchev–Trinajstić information content (AvgIpc) is 3.18. The molecule has 2 aromatic heterocycles. The van der Waals surface area contributed by atoms with E-state index in [-0.39, 0.29) is 12.0 Å². The molecule has 1 amide bonds. The Labute approximate surface area is 133 Å². The monoisotopic (exact) mass is 317 g/mol. The van der Waals surface area contributed by atoms with Crippen LogP contribution in [-0.2, 0) is 4.74 Å². The molecule has 0 spiro atoms. The molecule has 0 bridgehead atoms. The average molecular weight is 317 g/mol. The molecule has 1 saturated heterocycles. The number of hydrogen-bond acceptors (Lipinski definition) is 7. The van der Waals surface area contributed by atoms with Gasteiger partial charge in [-0.1, -0.05) is 19.0 Å². The molecule has 2 aromatic rings. The topological polar surface area (TPSA) is 93.4 Å². The van der Waals surface area contributed by atoms with E-state index in [2.05, 4.69) is 20.4 Å². The molecule has 0 aliphatic carbocycles. The molecule has 8 nitrogen and oxygen atoms in total. The maximum atomic E-state index is 11.3. The number of carbonyl (C=O) groups is 1. The van der Waals surface area contributed by atoms with E-state index in [0.717, 1.165) is 11.4 Å². The Bertz CT molecular complexity index is 668. The predicted octanol–water partition coefficient (Wildman–Crippen LogP) is 2.12. The molecule has 23 heavy (non-hydrogen) atoms. The second-order valence-corrected chi connectivity index (χ2v) is 5.57. The lowest BCUT2D eigenvalue weighted by Gasteiger charge is -2.13. The zero-order valence-electron chi connectivity index (χ0n) is 13.2. The number of anilines is 1. The highest BCUT2D eigenvalue weighted by Gasteiger charge is 2.20. The molecular formula is C15H19N5O3. The third kappa shape index (κ3) is 3.58. The van der Waals surface area contributed by atoms with Crippen LogP contribution in [0.3, 0.4) is 0 Å². The number of rotatable bonds is 6. The summed E-state index contributed by atoms with van der Waals surface area (Å²) in [4.78, 5) is 21.6. The first-order chi connectivity index (χ1) is 11.1. The van der Waals surface area contributed by atoms with E-state index >= 15 is 0 Å². The third-order valence-electron chi connectivity index (χ3n) is 3.50. The molecule has 0 radical (unpaired) electrons. The molecule has 3 heterocycles.